The van der Waals surface area contributed by atoms with Gasteiger partial charge in [-0.2, -0.15) is 4.31 Å². The normalized spacial score (nSPS) is 15.3. The summed E-state index contributed by atoms with van der Waals surface area (Å²) in [6.45, 7) is 0.737. The van der Waals surface area contributed by atoms with Crippen molar-refractivity contribution in [3.63, 3.8) is 0 Å². The van der Waals surface area contributed by atoms with Crippen LogP contribution in [0.1, 0.15) is 11.3 Å². The molecule has 1 aliphatic rings. The van der Waals surface area contributed by atoms with Crippen molar-refractivity contribution in [3.05, 3.63) is 58.7 Å². The van der Waals surface area contributed by atoms with Gasteiger partial charge in [0.25, 0.3) is 0 Å². The van der Waals surface area contributed by atoms with Crippen LogP contribution < -0.4 is 4.74 Å². The van der Waals surface area contributed by atoms with Crippen LogP contribution in [-0.2, 0) is 23.0 Å². The number of hydrogen-bond donors (Lipinski definition) is 1. The van der Waals surface area contributed by atoms with Crippen molar-refractivity contribution in [2.75, 3.05) is 13.7 Å². The lowest BCUT2D eigenvalue weighted by atomic mass is 10.1. The number of aromatic nitrogens is 1. The van der Waals surface area contributed by atoms with E-state index < -0.39 is 10.0 Å². The molecule has 0 saturated carbocycles. The molecule has 2 heterocycles. The number of hydrogen-bond acceptors (Lipinski definition) is 3. The molecular weight excluding hydrogens is 360 g/mol. The van der Waals surface area contributed by atoms with Crippen molar-refractivity contribution in [1.29, 1.82) is 0 Å². The minimum Gasteiger partial charge on any atom is -0.497 e. The number of halogens is 1. The molecule has 0 radical (unpaired) electrons. The van der Waals surface area contributed by atoms with Gasteiger partial charge in [-0.1, -0.05) is 23.7 Å². The summed E-state index contributed by atoms with van der Waals surface area (Å²) in [6.07, 6.45) is 0.635. The molecule has 130 valence electrons. The molecule has 0 aliphatic carbocycles. The molecule has 1 N–H and O–H groups in total. The zero-order valence-corrected chi connectivity index (χ0v) is 15.2. The summed E-state index contributed by atoms with van der Waals surface area (Å²) in [5.41, 5.74) is 3.06. The van der Waals surface area contributed by atoms with Gasteiger partial charge in [0.1, 0.15) is 10.6 Å². The van der Waals surface area contributed by atoms with Gasteiger partial charge in [0.2, 0.25) is 10.0 Å². The molecule has 7 heteroatoms. The first-order valence-corrected chi connectivity index (χ1v) is 9.74. The van der Waals surface area contributed by atoms with Gasteiger partial charge in [-0.25, -0.2) is 8.42 Å². The number of ether oxygens (including phenoxy) is 1. The van der Waals surface area contributed by atoms with Gasteiger partial charge in [-0.3, -0.25) is 0 Å². The molecule has 25 heavy (non-hydrogen) atoms. The fraction of sp³-hybridized carbons (Fsp3) is 0.222. The molecule has 4 rings (SSSR count). The number of rotatable bonds is 3. The van der Waals surface area contributed by atoms with E-state index >= 15 is 0 Å². The van der Waals surface area contributed by atoms with Crippen LogP contribution in [0.15, 0.2) is 47.4 Å². The number of sulfonamides is 1. The highest BCUT2D eigenvalue weighted by Gasteiger charge is 2.31. The predicted molar refractivity (Wildman–Crippen MR) is 97.6 cm³/mol. The summed E-state index contributed by atoms with van der Waals surface area (Å²) in [4.78, 5) is 3.54. The zero-order valence-electron chi connectivity index (χ0n) is 13.6. The Morgan fingerprint density at radius 1 is 1.20 bits per heavy atom. The molecule has 0 fully saturated rings. The lowest BCUT2D eigenvalue weighted by Crippen LogP contribution is -2.35. The number of benzene rings is 2. The minimum atomic E-state index is -3.64. The predicted octanol–water partition coefficient (Wildman–Crippen LogP) is 3.58. The van der Waals surface area contributed by atoms with Gasteiger partial charge in [0.05, 0.1) is 12.1 Å². The molecule has 3 aromatic rings. The monoisotopic (exact) mass is 376 g/mol. The van der Waals surface area contributed by atoms with Crippen LogP contribution in [0.3, 0.4) is 0 Å². The van der Waals surface area contributed by atoms with E-state index in [4.69, 9.17) is 16.3 Å². The SMILES string of the molecule is COc1ccc2[nH]c3c(c2c1)CN(S(=O)(=O)c1ccccc1Cl)CC3. The standard InChI is InChI=1S/C18H17ClN2O3S/c1-24-12-6-7-16-13(10-12)14-11-21(9-8-17(14)20-16)25(22,23)18-5-3-2-4-15(18)19/h2-7,10,20H,8-9,11H2,1H3. The highest BCUT2D eigenvalue weighted by Crippen LogP contribution is 2.33. The molecule has 0 unspecified atom stereocenters. The molecule has 0 spiro atoms. The third-order valence-corrected chi connectivity index (χ3v) is 6.95. The van der Waals surface area contributed by atoms with Crippen molar-refractivity contribution in [2.24, 2.45) is 0 Å². The molecule has 0 bridgehead atoms. The average molecular weight is 377 g/mol. The van der Waals surface area contributed by atoms with E-state index in [1.807, 2.05) is 18.2 Å². The van der Waals surface area contributed by atoms with Crippen molar-refractivity contribution in [2.45, 2.75) is 17.9 Å². The third kappa shape index (κ3) is 2.70. The fourth-order valence-corrected chi connectivity index (χ4v) is 5.20. The maximum Gasteiger partial charge on any atom is 0.244 e. The molecule has 1 aromatic heterocycles. The second-order valence-electron chi connectivity index (χ2n) is 6.01. The van der Waals surface area contributed by atoms with E-state index in [2.05, 4.69) is 4.98 Å². The smallest absolute Gasteiger partial charge is 0.244 e. The summed E-state index contributed by atoms with van der Waals surface area (Å²) < 4.78 is 32.8. The second-order valence-corrected chi connectivity index (χ2v) is 8.33. The third-order valence-electron chi connectivity index (χ3n) is 4.60. The van der Waals surface area contributed by atoms with Gasteiger partial charge in [0.15, 0.2) is 0 Å². The first-order chi connectivity index (χ1) is 12.0. The van der Waals surface area contributed by atoms with E-state index in [-0.39, 0.29) is 9.92 Å². The highest BCUT2D eigenvalue weighted by atomic mass is 35.5. The van der Waals surface area contributed by atoms with E-state index in [1.54, 1.807) is 31.4 Å². The van der Waals surface area contributed by atoms with E-state index in [1.165, 1.54) is 4.31 Å². The van der Waals surface area contributed by atoms with Crippen molar-refractivity contribution >= 4 is 32.5 Å². The Labute approximate surface area is 151 Å². The maximum atomic E-state index is 13.0. The molecule has 0 atom stereocenters. The van der Waals surface area contributed by atoms with Gasteiger partial charge in [0, 0.05) is 36.1 Å². The summed E-state index contributed by atoms with van der Waals surface area (Å²) in [5.74, 6) is 0.750. The number of nitrogens with zero attached hydrogens (tertiary/aromatic N) is 1. The highest BCUT2D eigenvalue weighted by molar-refractivity contribution is 7.89. The number of nitrogens with one attached hydrogen (secondary N) is 1. The lowest BCUT2D eigenvalue weighted by molar-refractivity contribution is 0.391. The second kappa shape index (κ2) is 6.05. The summed E-state index contributed by atoms with van der Waals surface area (Å²) in [7, 11) is -2.02. The number of aromatic amines is 1. The Bertz CT molecular complexity index is 1060. The first-order valence-electron chi connectivity index (χ1n) is 7.93. The van der Waals surface area contributed by atoms with Crippen LogP contribution in [0, 0.1) is 0 Å². The van der Waals surface area contributed by atoms with E-state index in [0.29, 0.717) is 19.5 Å². The molecule has 5 nitrogen and oxygen atoms in total. The van der Waals surface area contributed by atoms with Gasteiger partial charge in [-0.05, 0) is 35.9 Å². The Balaban J connectivity index is 1.76. The minimum absolute atomic E-state index is 0.150. The topological polar surface area (TPSA) is 62.4 Å². The van der Waals surface area contributed by atoms with E-state index in [9.17, 15) is 8.42 Å². The largest absolute Gasteiger partial charge is 0.497 e. The fourth-order valence-electron chi connectivity index (χ4n) is 3.29. The van der Waals surface area contributed by atoms with Crippen LogP contribution in [0.2, 0.25) is 5.02 Å². The lowest BCUT2D eigenvalue weighted by Gasteiger charge is -2.26. The molecule has 0 amide bonds. The molecular formula is C18H17ClN2O3S. The Hall–Kier alpha value is -2.02. The van der Waals surface area contributed by atoms with Gasteiger partial charge in [-0.15, -0.1) is 0 Å². The number of fused-ring (bicyclic) bond motifs is 3. The van der Waals surface area contributed by atoms with Crippen LogP contribution in [-0.4, -0.2) is 31.4 Å². The molecule has 0 saturated heterocycles. The van der Waals surface area contributed by atoms with Crippen LogP contribution >= 0.6 is 11.6 Å². The average Bonchev–Trinajstić information content (AvgIpc) is 2.98. The Morgan fingerprint density at radius 3 is 2.76 bits per heavy atom. The van der Waals surface area contributed by atoms with Crippen molar-refractivity contribution in [3.8, 4) is 5.75 Å². The van der Waals surface area contributed by atoms with Crippen molar-refractivity contribution < 1.29 is 13.2 Å². The van der Waals surface area contributed by atoms with Gasteiger partial charge < -0.3 is 9.72 Å². The van der Waals surface area contributed by atoms with Gasteiger partial charge >= 0.3 is 0 Å². The summed E-state index contributed by atoms with van der Waals surface area (Å²) >= 11 is 6.11. The molecule has 1 aliphatic heterocycles. The van der Waals surface area contributed by atoms with Crippen LogP contribution in [0.4, 0.5) is 0 Å². The Kier molecular flexibility index (Phi) is 3.98. The number of H-pyrrole nitrogens is 1. The van der Waals surface area contributed by atoms with Crippen LogP contribution in [0.5, 0.6) is 5.75 Å². The van der Waals surface area contributed by atoms with Crippen LogP contribution in [0.25, 0.3) is 10.9 Å². The summed E-state index contributed by atoms with van der Waals surface area (Å²) in [5, 5.41) is 1.24. The summed E-state index contributed by atoms with van der Waals surface area (Å²) in [6, 6.07) is 12.3. The Morgan fingerprint density at radius 2 is 2.00 bits per heavy atom. The van der Waals surface area contributed by atoms with E-state index in [0.717, 1.165) is 27.9 Å². The number of methoxy groups -OCH3 is 1. The maximum absolute atomic E-state index is 13.0. The first kappa shape index (κ1) is 16.4. The van der Waals surface area contributed by atoms with Crippen molar-refractivity contribution in [1.82, 2.24) is 9.29 Å². The molecule has 2 aromatic carbocycles. The quantitative estimate of drug-likeness (QED) is 0.760. The zero-order chi connectivity index (χ0) is 17.6.